The van der Waals surface area contributed by atoms with Crippen LogP contribution in [0, 0.1) is 12.3 Å². The molecule has 1 aromatic rings. The Morgan fingerprint density at radius 3 is 2.18 bits per heavy atom. The summed E-state index contributed by atoms with van der Waals surface area (Å²) < 4.78 is 67.2. The maximum absolute atomic E-state index is 13.4. The van der Waals surface area contributed by atoms with Crippen molar-refractivity contribution in [2.24, 2.45) is 5.41 Å². The van der Waals surface area contributed by atoms with Gasteiger partial charge in [-0.05, 0) is 42.9 Å². The van der Waals surface area contributed by atoms with E-state index in [2.05, 4.69) is 0 Å². The number of nitrogens with one attached hydrogen (secondary N) is 1. The van der Waals surface area contributed by atoms with E-state index in [0.717, 1.165) is 19.3 Å². The smallest absolute Gasteiger partial charge is 0.340 e. The summed E-state index contributed by atoms with van der Waals surface area (Å²) in [5.41, 5.74) is -0.916. The van der Waals surface area contributed by atoms with Crippen LogP contribution in [0.15, 0.2) is 23.1 Å². The molecule has 9 heteroatoms. The number of rotatable bonds is 4. The molecule has 5 nitrogen and oxygen atoms in total. The van der Waals surface area contributed by atoms with Crippen LogP contribution >= 0.6 is 0 Å². The molecule has 158 valence electrons. The Morgan fingerprint density at radius 2 is 1.68 bits per heavy atom. The van der Waals surface area contributed by atoms with Gasteiger partial charge in [0.1, 0.15) is 6.04 Å². The summed E-state index contributed by atoms with van der Waals surface area (Å²) >= 11 is 0. The van der Waals surface area contributed by atoms with Crippen LogP contribution in [-0.2, 0) is 10.0 Å². The van der Waals surface area contributed by atoms with Gasteiger partial charge >= 0.3 is 6.18 Å². The van der Waals surface area contributed by atoms with Gasteiger partial charge in [0.2, 0.25) is 10.0 Å². The van der Waals surface area contributed by atoms with Crippen molar-refractivity contribution in [2.45, 2.75) is 64.1 Å². The fraction of sp³-hybridized carbons (Fsp3) is 0.632. The van der Waals surface area contributed by atoms with Crippen LogP contribution in [0.5, 0.6) is 0 Å². The molecule has 1 heterocycles. The van der Waals surface area contributed by atoms with Crippen LogP contribution in [0.3, 0.4) is 0 Å². The van der Waals surface area contributed by atoms with Crippen molar-refractivity contribution in [3.05, 3.63) is 29.3 Å². The molecule has 1 aromatic carbocycles. The van der Waals surface area contributed by atoms with Gasteiger partial charge in [-0.2, -0.15) is 17.5 Å². The summed E-state index contributed by atoms with van der Waals surface area (Å²) in [7, 11) is -3.79. The number of carbonyl (C=O) groups excluding carboxylic acids is 1. The van der Waals surface area contributed by atoms with Gasteiger partial charge in [0, 0.05) is 18.7 Å². The molecule has 1 N–H and O–H groups in total. The highest BCUT2D eigenvalue weighted by molar-refractivity contribution is 7.89. The second-order valence-electron chi connectivity index (χ2n) is 8.26. The fourth-order valence-corrected chi connectivity index (χ4v) is 4.80. The van der Waals surface area contributed by atoms with E-state index in [1.807, 2.05) is 5.32 Å². The minimum atomic E-state index is -4.63. The highest BCUT2D eigenvalue weighted by atomic mass is 32.2. The molecule has 1 atom stereocenters. The van der Waals surface area contributed by atoms with E-state index < -0.39 is 33.6 Å². The van der Waals surface area contributed by atoms with Crippen LogP contribution in [0.4, 0.5) is 13.2 Å². The lowest BCUT2D eigenvalue weighted by molar-refractivity contribution is -0.174. The van der Waals surface area contributed by atoms with Crippen LogP contribution in [0.25, 0.3) is 0 Å². The first-order valence-electron chi connectivity index (χ1n) is 9.23. The number of nitrogens with zero attached hydrogens (tertiary/aromatic N) is 1. The number of hydrogen-bond donors (Lipinski definition) is 1. The number of alkyl halides is 3. The number of piperidine rings is 1. The topological polar surface area (TPSA) is 66.5 Å². The number of benzene rings is 1. The molecule has 0 bridgehead atoms. The number of hydrogen-bond acceptors (Lipinski definition) is 3. The normalized spacial score (nSPS) is 18.0. The summed E-state index contributed by atoms with van der Waals surface area (Å²) in [6.07, 6.45) is -2.15. The van der Waals surface area contributed by atoms with Crippen LogP contribution in [-0.4, -0.2) is 43.9 Å². The molecule has 2 rings (SSSR count). The third-order valence-electron chi connectivity index (χ3n) is 4.88. The fourth-order valence-electron chi connectivity index (χ4n) is 3.26. The van der Waals surface area contributed by atoms with Crippen molar-refractivity contribution >= 4 is 15.9 Å². The molecule has 0 spiro atoms. The summed E-state index contributed by atoms with van der Waals surface area (Å²) in [6, 6.07) is 1.95. The standard InChI is InChI=1S/C19H27F3N2O3S/c1-13-8-9-14(28(26,27)24-10-6-5-7-11-24)12-15(13)16(25)23-17(18(2,3)4)19(20,21)22/h8-9,12,17H,5-7,10-11H2,1-4H3,(H,23,25). The summed E-state index contributed by atoms with van der Waals surface area (Å²) in [6.45, 7) is 6.52. The summed E-state index contributed by atoms with van der Waals surface area (Å²) in [4.78, 5) is 12.5. The molecule has 1 saturated heterocycles. The first kappa shape index (κ1) is 22.7. The molecule has 0 radical (unpaired) electrons. The van der Waals surface area contributed by atoms with Gasteiger partial charge < -0.3 is 5.32 Å². The van der Waals surface area contributed by atoms with Gasteiger partial charge in [-0.1, -0.05) is 33.3 Å². The number of halogens is 3. The van der Waals surface area contributed by atoms with Crippen LogP contribution in [0.1, 0.15) is 56.0 Å². The summed E-state index contributed by atoms with van der Waals surface area (Å²) in [5, 5.41) is 2.04. The highest BCUT2D eigenvalue weighted by Crippen LogP contribution is 2.33. The van der Waals surface area contributed by atoms with E-state index in [0.29, 0.717) is 18.7 Å². The lowest BCUT2D eigenvalue weighted by atomic mass is 9.86. The largest absolute Gasteiger partial charge is 0.409 e. The Balaban J connectivity index is 2.35. The molecule has 1 unspecified atom stereocenters. The van der Waals surface area contributed by atoms with Gasteiger partial charge in [0.05, 0.1) is 4.90 Å². The van der Waals surface area contributed by atoms with Gasteiger partial charge in [0.15, 0.2) is 0 Å². The molecule has 1 aliphatic heterocycles. The molecule has 28 heavy (non-hydrogen) atoms. The zero-order chi connectivity index (χ0) is 21.3. The SMILES string of the molecule is Cc1ccc(S(=O)(=O)N2CCCCC2)cc1C(=O)NC(C(C)(C)C)C(F)(F)F. The molecule has 0 aliphatic carbocycles. The highest BCUT2D eigenvalue weighted by Gasteiger charge is 2.48. The number of aryl methyl sites for hydroxylation is 1. The van der Waals surface area contributed by atoms with Gasteiger partial charge in [-0.3, -0.25) is 4.79 Å². The van der Waals surface area contributed by atoms with E-state index in [9.17, 15) is 26.4 Å². The Labute approximate surface area is 164 Å². The Kier molecular flexibility index (Phi) is 6.50. The predicted molar refractivity (Wildman–Crippen MR) is 101 cm³/mol. The summed E-state index contributed by atoms with van der Waals surface area (Å²) in [5.74, 6) is -0.939. The second-order valence-corrected chi connectivity index (χ2v) is 10.2. The Hall–Kier alpha value is -1.61. The molecule has 1 fully saturated rings. The number of carbonyl (C=O) groups is 1. The predicted octanol–water partition coefficient (Wildman–Crippen LogP) is 3.88. The minimum absolute atomic E-state index is 0.0726. The lowest BCUT2D eigenvalue weighted by Crippen LogP contribution is -2.53. The number of amides is 1. The minimum Gasteiger partial charge on any atom is -0.340 e. The zero-order valence-electron chi connectivity index (χ0n) is 16.6. The maximum atomic E-state index is 13.4. The molecule has 1 aliphatic rings. The molecule has 1 amide bonds. The van der Waals surface area contributed by atoms with E-state index in [1.54, 1.807) is 6.92 Å². The van der Waals surface area contributed by atoms with E-state index >= 15 is 0 Å². The Morgan fingerprint density at radius 1 is 1.11 bits per heavy atom. The first-order chi connectivity index (χ1) is 12.7. The lowest BCUT2D eigenvalue weighted by Gasteiger charge is -2.33. The third-order valence-corrected chi connectivity index (χ3v) is 6.77. The first-order valence-corrected chi connectivity index (χ1v) is 10.7. The van der Waals surface area contributed by atoms with Crippen LogP contribution < -0.4 is 5.32 Å². The van der Waals surface area contributed by atoms with E-state index in [-0.39, 0.29) is 10.5 Å². The molecular formula is C19H27F3N2O3S. The quantitative estimate of drug-likeness (QED) is 0.804. The zero-order valence-corrected chi connectivity index (χ0v) is 17.4. The van der Waals surface area contributed by atoms with Crippen LogP contribution in [0.2, 0.25) is 0 Å². The molecular weight excluding hydrogens is 393 g/mol. The molecule has 0 saturated carbocycles. The van der Waals surface area contributed by atoms with Crippen molar-refractivity contribution < 1.29 is 26.4 Å². The van der Waals surface area contributed by atoms with Crippen molar-refractivity contribution in [1.29, 1.82) is 0 Å². The van der Waals surface area contributed by atoms with Crippen molar-refractivity contribution in [3.8, 4) is 0 Å². The van der Waals surface area contributed by atoms with Gasteiger partial charge in [0.25, 0.3) is 5.91 Å². The Bertz CT molecular complexity index is 810. The third kappa shape index (κ3) is 5.05. The number of sulfonamides is 1. The average molecular weight is 420 g/mol. The average Bonchev–Trinajstić information content (AvgIpc) is 2.58. The van der Waals surface area contributed by atoms with Crippen molar-refractivity contribution in [1.82, 2.24) is 9.62 Å². The van der Waals surface area contributed by atoms with E-state index in [1.165, 1.54) is 43.3 Å². The van der Waals surface area contributed by atoms with Gasteiger partial charge in [-0.25, -0.2) is 8.42 Å². The second kappa shape index (κ2) is 8.02. The monoisotopic (exact) mass is 420 g/mol. The van der Waals surface area contributed by atoms with Gasteiger partial charge in [-0.15, -0.1) is 0 Å². The van der Waals surface area contributed by atoms with Crippen molar-refractivity contribution in [3.63, 3.8) is 0 Å². The van der Waals surface area contributed by atoms with Crippen molar-refractivity contribution in [2.75, 3.05) is 13.1 Å². The van der Waals surface area contributed by atoms with E-state index in [4.69, 9.17) is 0 Å². The molecule has 0 aromatic heterocycles. The maximum Gasteiger partial charge on any atom is 0.409 e.